The first-order valence-corrected chi connectivity index (χ1v) is 11.9. The fourth-order valence-electron chi connectivity index (χ4n) is 4.31. The highest BCUT2D eigenvalue weighted by Gasteiger charge is 2.34. The molecule has 0 saturated heterocycles. The minimum absolute atomic E-state index is 0.00873. The van der Waals surface area contributed by atoms with Crippen LogP contribution in [-0.2, 0) is 6.54 Å². The Labute approximate surface area is 211 Å². The third-order valence-electron chi connectivity index (χ3n) is 6.43. The van der Waals surface area contributed by atoms with Gasteiger partial charge in [-0.25, -0.2) is 15.0 Å². The van der Waals surface area contributed by atoms with Crippen molar-refractivity contribution in [3.05, 3.63) is 71.9 Å². The van der Waals surface area contributed by atoms with Crippen LogP contribution in [0.5, 0.6) is 5.88 Å². The van der Waals surface area contributed by atoms with Crippen LogP contribution < -0.4 is 4.74 Å². The molecule has 1 aliphatic heterocycles. The Morgan fingerprint density at radius 2 is 1.94 bits per heavy atom. The van der Waals surface area contributed by atoms with E-state index in [0.29, 0.717) is 30.8 Å². The predicted molar refractivity (Wildman–Crippen MR) is 134 cm³/mol. The monoisotopic (exact) mass is 486 g/mol. The Morgan fingerprint density at radius 1 is 1.22 bits per heavy atom. The van der Waals surface area contributed by atoms with Gasteiger partial charge in [-0.05, 0) is 37.7 Å². The number of aliphatic hydroxyl groups excluding tert-OH is 1. The van der Waals surface area contributed by atoms with E-state index in [1.54, 1.807) is 41.7 Å². The maximum atomic E-state index is 13.6. The first-order chi connectivity index (χ1) is 17.4. The molecule has 0 spiro atoms. The van der Waals surface area contributed by atoms with Gasteiger partial charge in [0.15, 0.2) is 0 Å². The maximum Gasteiger partial charge on any atom is 0.259 e. The molecule has 1 aliphatic rings. The molecule has 0 saturated carbocycles. The highest BCUT2D eigenvalue weighted by Crippen LogP contribution is 2.30. The zero-order valence-electron chi connectivity index (χ0n) is 20.7. The van der Waals surface area contributed by atoms with Crippen molar-refractivity contribution < 1.29 is 14.6 Å². The van der Waals surface area contributed by atoms with Crippen LogP contribution in [0.4, 0.5) is 0 Å². The SMILES string of the molecule is C[C@H](CO)N1C[C@H](C)[C@@H](CN(C)Cc2cncnc2)Oc2ncc(-c3ccc(C#N)cc3)cc2C1=O. The van der Waals surface area contributed by atoms with Gasteiger partial charge in [0, 0.05) is 55.3 Å². The summed E-state index contributed by atoms with van der Waals surface area (Å²) < 4.78 is 6.38. The van der Waals surface area contributed by atoms with Gasteiger partial charge < -0.3 is 14.7 Å². The molecular formula is C27H30N6O3. The second kappa shape index (κ2) is 11.2. The molecular weight excluding hydrogens is 456 g/mol. The van der Waals surface area contributed by atoms with Gasteiger partial charge in [-0.3, -0.25) is 9.69 Å². The van der Waals surface area contributed by atoms with Gasteiger partial charge in [0.1, 0.15) is 18.0 Å². The van der Waals surface area contributed by atoms with Crippen LogP contribution in [0.1, 0.15) is 35.3 Å². The number of carbonyl (C=O) groups excluding carboxylic acids is 1. The van der Waals surface area contributed by atoms with Crippen molar-refractivity contribution >= 4 is 5.91 Å². The molecule has 0 radical (unpaired) electrons. The molecule has 0 unspecified atom stereocenters. The molecule has 3 aromatic rings. The number of rotatable bonds is 7. The Bertz CT molecular complexity index is 1230. The van der Waals surface area contributed by atoms with Crippen LogP contribution in [0, 0.1) is 17.2 Å². The third kappa shape index (κ3) is 5.67. The predicted octanol–water partition coefficient (Wildman–Crippen LogP) is 2.76. The lowest BCUT2D eigenvalue weighted by molar-refractivity contribution is 0.0325. The summed E-state index contributed by atoms with van der Waals surface area (Å²) in [5, 5.41) is 19.0. The molecule has 3 atom stereocenters. The van der Waals surface area contributed by atoms with Crippen molar-refractivity contribution in [2.45, 2.75) is 32.5 Å². The summed E-state index contributed by atoms with van der Waals surface area (Å²) in [7, 11) is 2.00. The van der Waals surface area contributed by atoms with Gasteiger partial charge in [-0.15, -0.1) is 0 Å². The zero-order valence-corrected chi connectivity index (χ0v) is 20.7. The van der Waals surface area contributed by atoms with Gasteiger partial charge >= 0.3 is 0 Å². The van der Waals surface area contributed by atoms with E-state index in [9.17, 15) is 9.90 Å². The van der Waals surface area contributed by atoms with Crippen molar-refractivity contribution in [1.82, 2.24) is 24.8 Å². The van der Waals surface area contributed by atoms with Crippen LogP contribution in [0.15, 0.2) is 55.2 Å². The van der Waals surface area contributed by atoms with Gasteiger partial charge in [-0.1, -0.05) is 19.1 Å². The summed E-state index contributed by atoms with van der Waals surface area (Å²) in [6.45, 7) is 5.43. The quantitative estimate of drug-likeness (QED) is 0.542. The first-order valence-electron chi connectivity index (χ1n) is 11.9. The molecule has 186 valence electrons. The Hall–Kier alpha value is -3.87. The standard InChI is InChI=1S/C27H30N6O3/c1-18-13-33(19(2)16-34)27(35)24-8-23(22-6-4-20(9-28)5-7-22)12-31-26(24)36-25(18)15-32(3)14-21-10-29-17-30-11-21/h4-8,10-12,17-19,25,34H,13-16H2,1-3H3/t18-,19+,25+/m0/s1. The number of aromatic nitrogens is 3. The van der Waals surface area contributed by atoms with Crippen molar-refractivity contribution in [1.29, 1.82) is 5.26 Å². The first kappa shape index (κ1) is 25.2. The van der Waals surface area contributed by atoms with E-state index in [2.05, 4.69) is 25.9 Å². The summed E-state index contributed by atoms with van der Waals surface area (Å²) in [5.74, 6) is 0.0424. The Balaban J connectivity index is 1.66. The van der Waals surface area contributed by atoms with Crippen molar-refractivity contribution in [2.75, 3.05) is 26.7 Å². The number of carbonyl (C=O) groups is 1. The topological polar surface area (TPSA) is 115 Å². The third-order valence-corrected chi connectivity index (χ3v) is 6.43. The number of nitrogens with zero attached hydrogens (tertiary/aromatic N) is 6. The largest absolute Gasteiger partial charge is 0.472 e. The van der Waals surface area contributed by atoms with E-state index in [1.165, 1.54) is 6.33 Å². The smallest absolute Gasteiger partial charge is 0.259 e. The number of ether oxygens (including phenoxy) is 1. The number of hydrogen-bond acceptors (Lipinski definition) is 8. The molecule has 0 bridgehead atoms. The number of fused-ring (bicyclic) bond motifs is 1. The number of benzene rings is 1. The van der Waals surface area contributed by atoms with Crippen LogP contribution in [0.3, 0.4) is 0 Å². The van der Waals surface area contributed by atoms with E-state index in [1.807, 2.05) is 33.0 Å². The number of aliphatic hydroxyl groups is 1. The fourth-order valence-corrected chi connectivity index (χ4v) is 4.31. The molecule has 9 nitrogen and oxygen atoms in total. The average Bonchev–Trinajstić information content (AvgIpc) is 2.90. The molecule has 1 amide bonds. The van der Waals surface area contributed by atoms with Crippen LogP contribution in [0.25, 0.3) is 11.1 Å². The van der Waals surface area contributed by atoms with Gasteiger partial charge in [-0.2, -0.15) is 5.26 Å². The summed E-state index contributed by atoms with van der Waals surface area (Å²) in [6.07, 6.45) is 6.52. The molecule has 1 aromatic carbocycles. The summed E-state index contributed by atoms with van der Waals surface area (Å²) in [4.78, 5) is 30.2. The zero-order chi connectivity index (χ0) is 25.7. The van der Waals surface area contributed by atoms with Gasteiger partial charge in [0.05, 0.1) is 24.3 Å². The van der Waals surface area contributed by atoms with E-state index in [0.717, 1.165) is 16.7 Å². The lowest BCUT2D eigenvalue weighted by Crippen LogP contribution is -2.49. The maximum absolute atomic E-state index is 13.6. The normalized spacial score (nSPS) is 18.6. The molecule has 4 rings (SSSR count). The number of hydrogen-bond donors (Lipinski definition) is 1. The minimum Gasteiger partial charge on any atom is -0.472 e. The average molecular weight is 487 g/mol. The molecule has 2 aromatic heterocycles. The number of pyridine rings is 1. The lowest BCUT2D eigenvalue weighted by Gasteiger charge is -2.37. The molecule has 36 heavy (non-hydrogen) atoms. The minimum atomic E-state index is -0.357. The second-order valence-electron chi connectivity index (χ2n) is 9.33. The lowest BCUT2D eigenvalue weighted by atomic mass is 9.99. The summed E-state index contributed by atoms with van der Waals surface area (Å²) in [6, 6.07) is 10.7. The van der Waals surface area contributed by atoms with E-state index in [4.69, 9.17) is 10.00 Å². The van der Waals surface area contributed by atoms with E-state index < -0.39 is 0 Å². The Kier molecular flexibility index (Phi) is 7.88. The van der Waals surface area contributed by atoms with Gasteiger partial charge in [0.25, 0.3) is 5.91 Å². The van der Waals surface area contributed by atoms with Gasteiger partial charge in [0.2, 0.25) is 5.88 Å². The molecule has 0 fully saturated rings. The van der Waals surface area contributed by atoms with Crippen molar-refractivity contribution in [2.24, 2.45) is 5.92 Å². The highest BCUT2D eigenvalue weighted by atomic mass is 16.5. The molecule has 0 aliphatic carbocycles. The fraction of sp³-hybridized carbons (Fsp3) is 0.370. The summed E-state index contributed by atoms with van der Waals surface area (Å²) >= 11 is 0. The van der Waals surface area contributed by atoms with Crippen LogP contribution in [0.2, 0.25) is 0 Å². The molecule has 9 heteroatoms. The highest BCUT2D eigenvalue weighted by molar-refractivity contribution is 5.98. The van der Waals surface area contributed by atoms with Crippen molar-refractivity contribution in [3.8, 4) is 23.1 Å². The summed E-state index contributed by atoms with van der Waals surface area (Å²) in [5.41, 5.74) is 3.50. The van der Waals surface area contributed by atoms with Crippen LogP contribution >= 0.6 is 0 Å². The molecule has 1 N–H and O–H groups in total. The van der Waals surface area contributed by atoms with Crippen LogP contribution in [-0.4, -0.2) is 74.7 Å². The number of likely N-dealkylation sites (N-methyl/N-ethyl adjacent to an activating group) is 1. The molecule has 3 heterocycles. The second-order valence-corrected chi connectivity index (χ2v) is 9.33. The van der Waals surface area contributed by atoms with E-state index >= 15 is 0 Å². The number of amides is 1. The van der Waals surface area contributed by atoms with Crippen molar-refractivity contribution in [3.63, 3.8) is 0 Å². The Morgan fingerprint density at radius 3 is 2.61 bits per heavy atom. The number of nitriles is 1. The van der Waals surface area contributed by atoms with E-state index in [-0.39, 0.29) is 36.5 Å².